The lowest BCUT2D eigenvalue weighted by Gasteiger charge is -2.17. The van der Waals surface area contributed by atoms with Gasteiger partial charge in [-0.25, -0.2) is 4.79 Å². The van der Waals surface area contributed by atoms with Gasteiger partial charge in [0, 0.05) is 17.3 Å². The van der Waals surface area contributed by atoms with Crippen LogP contribution in [-0.4, -0.2) is 29.9 Å². The number of rotatable bonds is 4. The van der Waals surface area contributed by atoms with Crippen molar-refractivity contribution in [1.29, 1.82) is 0 Å². The lowest BCUT2D eigenvalue weighted by molar-refractivity contribution is -0.124. The summed E-state index contributed by atoms with van der Waals surface area (Å²) in [5.41, 5.74) is 0.667. The maximum absolute atomic E-state index is 12.1. The number of urea groups is 1. The summed E-state index contributed by atoms with van der Waals surface area (Å²) in [7, 11) is 0. The van der Waals surface area contributed by atoms with Crippen molar-refractivity contribution in [3.63, 3.8) is 0 Å². The quantitative estimate of drug-likeness (QED) is 0.786. The normalized spacial score (nSPS) is 15.7. The third-order valence-corrected chi connectivity index (χ3v) is 3.15. The number of halogens is 1. The Morgan fingerprint density at radius 3 is 2.78 bits per heavy atom. The zero-order chi connectivity index (χ0) is 13.1. The van der Waals surface area contributed by atoms with E-state index in [1.807, 2.05) is 6.92 Å². The van der Waals surface area contributed by atoms with Crippen molar-refractivity contribution in [1.82, 2.24) is 4.90 Å². The number of carbonyl (C=O) groups excluding carboxylic acids is 2. The molecule has 0 bridgehead atoms. The molecule has 0 aliphatic carbocycles. The molecule has 1 heterocycles. The van der Waals surface area contributed by atoms with Crippen molar-refractivity contribution in [3.8, 4) is 0 Å². The number of hydrogen-bond donors (Lipinski definition) is 0. The van der Waals surface area contributed by atoms with Gasteiger partial charge in [-0.3, -0.25) is 14.6 Å². The van der Waals surface area contributed by atoms with Gasteiger partial charge in [0.2, 0.25) is 0 Å². The van der Waals surface area contributed by atoms with Crippen LogP contribution in [0.5, 0.6) is 0 Å². The number of nitrogens with zero attached hydrogens (tertiary/aromatic N) is 2. The van der Waals surface area contributed by atoms with E-state index >= 15 is 0 Å². The Kier molecular flexibility index (Phi) is 3.87. The fraction of sp³-hybridized carbons (Fsp3) is 0.385. The molecule has 1 aromatic carbocycles. The van der Waals surface area contributed by atoms with Gasteiger partial charge in [0.1, 0.15) is 6.54 Å². The third-order valence-electron chi connectivity index (χ3n) is 2.91. The molecule has 0 radical (unpaired) electrons. The van der Waals surface area contributed by atoms with Crippen molar-refractivity contribution < 1.29 is 9.59 Å². The molecule has 0 atom stereocenters. The van der Waals surface area contributed by atoms with E-state index in [4.69, 9.17) is 11.6 Å². The molecule has 96 valence electrons. The van der Waals surface area contributed by atoms with Gasteiger partial charge in [-0.15, -0.1) is 0 Å². The first-order chi connectivity index (χ1) is 8.63. The third kappa shape index (κ3) is 2.48. The zero-order valence-corrected chi connectivity index (χ0v) is 11.0. The summed E-state index contributed by atoms with van der Waals surface area (Å²) >= 11 is 5.89. The molecule has 2 rings (SSSR count). The largest absolute Gasteiger partial charge is 0.331 e. The van der Waals surface area contributed by atoms with E-state index in [0.717, 1.165) is 12.8 Å². The number of imide groups is 1. The number of carbonyl (C=O) groups is 2. The van der Waals surface area contributed by atoms with Crippen LogP contribution in [0, 0.1) is 0 Å². The van der Waals surface area contributed by atoms with Crippen LogP contribution in [0.2, 0.25) is 5.02 Å². The summed E-state index contributed by atoms with van der Waals surface area (Å²) in [5, 5.41) is 0.555. The molecule has 18 heavy (non-hydrogen) atoms. The van der Waals surface area contributed by atoms with Crippen molar-refractivity contribution >= 4 is 29.2 Å². The van der Waals surface area contributed by atoms with Crippen LogP contribution < -0.4 is 4.90 Å². The Morgan fingerprint density at radius 2 is 2.11 bits per heavy atom. The Labute approximate surface area is 111 Å². The summed E-state index contributed by atoms with van der Waals surface area (Å²) < 4.78 is 0. The molecule has 1 aromatic rings. The maximum atomic E-state index is 12.1. The minimum atomic E-state index is -0.254. The SMILES string of the molecule is CCCCN1C(=O)CN(c2cccc(Cl)c2)C1=O. The molecule has 0 spiro atoms. The van der Waals surface area contributed by atoms with Crippen LogP contribution in [0.3, 0.4) is 0 Å². The average molecular weight is 267 g/mol. The first-order valence-electron chi connectivity index (χ1n) is 6.01. The fourth-order valence-electron chi connectivity index (χ4n) is 1.92. The summed E-state index contributed by atoms with van der Waals surface area (Å²) in [6, 6.07) is 6.72. The van der Waals surface area contributed by atoms with Crippen LogP contribution in [0.4, 0.5) is 10.5 Å². The predicted octanol–water partition coefficient (Wildman–Crippen LogP) is 2.91. The Balaban J connectivity index is 2.17. The highest BCUT2D eigenvalue weighted by molar-refractivity contribution is 6.31. The van der Waals surface area contributed by atoms with Crippen LogP contribution in [0.15, 0.2) is 24.3 Å². The lowest BCUT2D eigenvalue weighted by Crippen LogP contribution is -2.33. The molecular weight excluding hydrogens is 252 g/mol. The second-order valence-electron chi connectivity index (χ2n) is 4.25. The number of hydrogen-bond acceptors (Lipinski definition) is 2. The first-order valence-corrected chi connectivity index (χ1v) is 6.38. The number of amides is 3. The van der Waals surface area contributed by atoms with Gasteiger partial charge in [-0.2, -0.15) is 0 Å². The Bertz CT molecular complexity index is 476. The van der Waals surface area contributed by atoms with E-state index in [1.165, 1.54) is 9.80 Å². The van der Waals surface area contributed by atoms with Gasteiger partial charge < -0.3 is 0 Å². The number of anilines is 1. The monoisotopic (exact) mass is 266 g/mol. The van der Waals surface area contributed by atoms with E-state index in [9.17, 15) is 9.59 Å². The van der Waals surface area contributed by atoms with Gasteiger partial charge in [-0.05, 0) is 24.6 Å². The van der Waals surface area contributed by atoms with Crippen molar-refractivity contribution in [3.05, 3.63) is 29.3 Å². The van der Waals surface area contributed by atoms with E-state index in [-0.39, 0.29) is 18.5 Å². The van der Waals surface area contributed by atoms with Crippen LogP contribution in [0.25, 0.3) is 0 Å². The van der Waals surface area contributed by atoms with Gasteiger partial charge in [-0.1, -0.05) is 31.0 Å². The maximum Gasteiger partial charge on any atom is 0.331 e. The highest BCUT2D eigenvalue weighted by Gasteiger charge is 2.36. The summed E-state index contributed by atoms with van der Waals surface area (Å²) in [4.78, 5) is 26.7. The lowest BCUT2D eigenvalue weighted by atomic mass is 10.3. The highest BCUT2D eigenvalue weighted by atomic mass is 35.5. The van der Waals surface area contributed by atoms with E-state index in [2.05, 4.69) is 0 Å². The van der Waals surface area contributed by atoms with E-state index in [1.54, 1.807) is 24.3 Å². The Hall–Kier alpha value is -1.55. The van der Waals surface area contributed by atoms with Gasteiger partial charge in [0.05, 0.1) is 0 Å². The number of benzene rings is 1. The minimum absolute atomic E-state index is 0.100. The highest BCUT2D eigenvalue weighted by Crippen LogP contribution is 2.24. The average Bonchev–Trinajstić information content (AvgIpc) is 2.63. The molecule has 1 aliphatic heterocycles. The summed E-state index contributed by atoms with van der Waals surface area (Å²) in [6.45, 7) is 2.62. The van der Waals surface area contributed by atoms with Gasteiger partial charge in [0.25, 0.3) is 5.91 Å². The molecule has 0 saturated carbocycles. The molecule has 1 aliphatic rings. The molecule has 0 N–H and O–H groups in total. The smallest absolute Gasteiger partial charge is 0.284 e. The molecule has 3 amide bonds. The van der Waals surface area contributed by atoms with E-state index in [0.29, 0.717) is 17.3 Å². The first kappa shape index (κ1) is 12.9. The fourth-order valence-corrected chi connectivity index (χ4v) is 2.11. The topological polar surface area (TPSA) is 40.6 Å². The Morgan fingerprint density at radius 1 is 1.33 bits per heavy atom. The molecule has 5 heteroatoms. The van der Waals surface area contributed by atoms with E-state index < -0.39 is 0 Å². The van der Waals surface area contributed by atoms with Crippen molar-refractivity contribution in [2.24, 2.45) is 0 Å². The molecule has 4 nitrogen and oxygen atoms in total. The van der Waals surface area contributed by atoms with Crippen LogP contribution >= 0.6 is 11.6 Å². The second-order valence-corrected chi connectivity index (χ2v) is 4.68. The molecule has 0 unspecified atom stereocenters. The molecule has 1 fully saturated rings. The summed E-state index contributed by atoms with van der Waals surface area (Å²) in [6.07, 6.45) is 1.79. The standard InChI is InChI=1S/C13H15ClN2O2/c1-2-3-7-15-12(17)9-16(13(15)18)11-6-4-5-10(14)8-11/h4-6,8H,2-3,7,9H2,1H3. The predicted molar refractivity (Wildman–Crippen MR) is 70.8 cm³/mol. The van der Waals surface area contributed by atoms with Gasteiger partial charge >= 0.3 is 6.03 Å². The minimum Gasteiger partial charge on any atom is -0.284 e. The molecular formula is C13H15ClN2O2. The number of unbranched alkanes of at least 4 members (excludes halogenated alkanes) is 1. The summed E-state index contributed by atoms with van der Waals surface area (Å²) in [5.74, 6) is -0.145. The van der Waals surface area contributed by atoms with Crippen LogP contribution in [-0.2, 0) is 4.79 Å². The molecule has 1 saturated heterocycles. The zero-order valence-electron chi connectivity index (χ0n) is 10.2. The van der Waals surface area contributed by atoms with Crippen molar-refractivity contribution in [2.45, 2.75) is 19.8 Å². The van der Waals surface area contributed by atoms with Gasteiger partial charge in [0.15, 0.2) is 0 Å². The van der Waals surface area contributed by atoms with Crippen LogP contribution in [0.1, 0.15) is 19.8 Å². The van der Waals surface area contributed by atoms with Crippen molar-refractivity contribution in [2.75, 3.05) is 18.0 Å². The molecule has 0 aromatic heterocycles. The second kappa shape index (κ2) is 5.40.